The lowest BCUT2D eigenvalue weighted by atomic mass is 10.1. The van der Waals surface area contributed by atoms with Gasteiger partial charge in [0.2, 0.25) is 0 Å². The number of fused-ring (bicyclic) bond motifs is 3. The lowest BCUT2D eigenvalue weighted by molar-refractivity contribution is -0.118. The number of carbonyl (C=O) groups excluding carboxylic acids is 2. The highest BCUT2D eigenvalue weighted by molar-refractivity contribution is 5.94. The predicted molar refractivity (Wildman–Crippen MR) is 140 cm³/mol. The molecule has 41 heavy (non-hydrogen) atoms. The van der Waals surface area contributed by atoms with Gasteiger partial charge in [-0.25, -0.2) is 28.5 Å². The van der Waals surface area contributed by atoms with Crippen LogP contribution in [0.4, 0.5) is 25.2 Å². The summed E-state index contributed by atoms with van der Waals surface area (Å²) in [5, 5.41) is 18.8. The molecule has 2 unspecified atom stereocenters. The number of β-amino-alcohol motifs (C(OH)–C–C–N with tert-alkyl or cyclic N) is 1. The van der Waals surface area contributed by atoms with E-state index in [1.165, 1.54) is 11.1 Å². The van der Waals surface area contributed by atoms with E-state index < -0.39 is 23.8 Å². The maximum atomic E-state index is 15.4. The van der Waals surface area contributed by atoms with E-state index in [0.717, 1.165) is 0 Å². The Bertz CT molecular complexity index is 1500. The monoisotopic (exact) mass is 570 g/mol. The standard InChI is InChI=1S/C26H28F2N8O5/c27-19-14-3-11(4-15(14)20(28)22-21(19)34-23(35-22)16-5-12(37)7-30-16)6-29-2-1-13-9-36(26(39)41-13)17-8-31-25-24(32-17)33-18(38)10-40-25/h8,11-13,16,29-30,37H,1-7,9-10H2,(H,34,35)(H,32,33,38)/t12-,13?,16+/m1/s1. The lowest BCUT2D eigenvalue weighted by Gasteiger charge is -2.18. The van der Waals surface area contributed by atoms with Gasteiger partial charge in [-0.1, -0.05) is 0 Å². The van der Waals surface area contributed by atoms with Crippen molar-refractivity contribution in [3.05, 3.63) is 34.8 Å². The van der Waals surface area contributed by atoms with E-state index in [-0.39, 0.29) is 65.7 Å². The highest BCUT2D eigenvalue weighted by Gasteiger charge is 2.35. The van der Waals surface area contributed by atoms with Crippen LogP contribution in [0.5, 0.6) is 5.88 Å². The lowest BCUT2D eigenvalue weighted by Crippen LogP contribution is -2.30. The van der Waals surface area contributed by atoms with E-state index in [1.807, 2.05) is 0 Å². The van der Waals surface area contributed by atoms with E-state index in [2.05, 4.69) is 35.9 Å². The number of anilines is 2. The molecule has 5 heterocycles. The van der Waals surface area contributed by atoms with Gasteiger partial charge in [0, 0.05) is 6.54 Å². The number of aromatic amines is 1. The van der Waals surface area contributed by atoms with Crippen LogP contribution in [-0.4, -0.2) is 82.0 Å². The maximum Gasteiger partial charge on any atom is 0.415 e. The minimum atomic E-state index is -0.558. The SMILES string of the molecule is O=C1COc2ncc(N3CC(CCNCC4Cc5c(c(F)c6[nH]c([C@@H]7C[C@@H](O)CN7)nc6c5F)C4)OC3=O)nc2N1. The second kappa shape index (κ2) is 10.2. The first-order chi connectivity index (χ1) is 19.8. The first-order valence-electron chi connectivity index (χ1n) is 13.6. The largest absolute Gasteiger partial charge is 0.465 e. The molecular weight excluding hydrogens is 542 g/mol. The summed E-state index contributed by atoms with van der Waals surface area (Å²) < 4.78 is 41.5. The normalized spacial score (nSPS) is 24.0. The number of nitrogens with zero attached hydrogens (tertiary/aromatic N) is 4. The molecule has 2 aromatic heterocycles. The average molecular weight is 571 g/mol. The van der Waals surface area contributed by atoms with Crippen molar-refractivity contribution in [3.63, 3.8) is 0 Å². The highest BCUT2D eigenvalue weighted by Crippen LogP contribution is 2.37. The number of H-pyrrole nitrogens is 1. The number of amides is 2. The van der Waals surface area contributed by atoms with E-state index in [0.29, 0.717) is 62.3 Å². The van der Waals surface area contributed by atoms with Crippen molar-refractivity contribution in [2.24, 2.45) is 5.92 Å². The summed E-state index contributed by atoms with van der Waals surface area (Å²) >= 11 is 0. The number of benzene rings is 1. The zero-order valence-corrected chi connectivity index (χ0v) is 21.9. The van der Waals surface area contributed by atoms with Crippen molar-refractivity contribution >= 4 is 34.7 Å². The Morgan fingerprint density at radius 3 is 2.80 bits per heavy atom. The van der Waals surface area contributed by atoms with Gasteiger partial charge in [-0.15, -0.1) is 0 Å². The van der Waals surface area contributed by atoms with Gasteiger partial charge in [0.25, 0.3) is 11.8 Å². The van der Waals surface area contributed by atoms with Crippen molar-refractivity contribution in [3.8, 4) is 5.88 Å². The minimum Gasteiger partial charge on any atom is -0.465 e. The van der Waals surface area contributed by atoms with Crippen LogP contribution >= 0.6 is 0 Å². The molecule has 216 valence electrons. The zero-order chi connectivity index (χ0) is 28.2. The quantitative estimate of drug-likeness (QED) is 0.259. The molecule has 13 nitrogen and oxygen atoms in total. The Labute approximate surface area is 232 Å². The molecule has 4 atom stereocenters. The number of hydrogen-bond acceptors (Lipinski definition) is 10. The number of aromatic nitrogens is 4. The number of halogens is 2. The Morgan fingerprint density at radius 1 is 1.17 bits per heavy atom. The summed E-state index contributed by atoms with van der Waals surface area (Å²) in [7, 11) is 0. The van der Waals surface area contributed by atoms with Crippen molar-refractivity contribution in [1.29, 1.82) is 0 Å². The molecule has 1 aromatic carbocycles. The fraction of sp³-hybridized carbons (Fsp3) is 0.500. The Kier molecular flexibility index (Phi) is 6.43. The molecule has 0 saturated carbocycles. The fourth-order valence-corrected chi connectivity index (χ4v) is 5.99. The van der Waals surface area contributed by atoms with Gasteiger partial charge in [-0.3, -0.25) is 9.69 Å². The number of rotatable bonds is 7. The van der Waals surface area contributed by atoms with Gasteiger partial charge in [0.1, 0.15) is 23.0 Å². The molecule has 2 saturated heterocycles. The molecule has 1 aliphatic carbocycles. The molecule has 3 aromatic rings. The molecule has 0 spiro atoms. The van der Waals surface area contributed by atoms with E-state index >= 15 is 8.78 Å². The van der Waals surface area contributed by atoms with Crippen LogP contribution in [0.2, 0.25) is 0 Å². The van der Waals surface area contributed by atoms with Gasteiger partial charge in [-0.05, 0) is 55.8 Å². The van der Waals surface area contributed by atoms with Crippen molar-refractivity contribution in [1.82, 2.24) is 30.6 Å². The summed E-state index contributed by atoms with van der Waals surface area (Å²) in [5.41, 5.74) is 0.815. The van der Waals surface area contributed by atoms with E-state index in [4.69, 9.17) is 9.47 Å². The minimum absolute atomic E-state index is 0.000763. The van der Waals surface area contributed by atoms with Gasteiger partial charge < -0.3 is 35.5 Å². The number of carbonyl (C=O) groups is 2. The number of nitrogens with one attached hydrogen (secondary N) is 4. The van der Waals surface area contributed by atoms with Crippen LogP contribution in [0, 0.1) is 17.6 Å². The molecule has 15 heteroatoms. The Morgan fingerprint density at radius 2 is 2.00 bits per heavy atom. The first-order valence-corrected chi connectivity index (χ1v) is 13.6. The number of imidazole rings is 1. The van der Waals surface area contributed by atoms with Gasteiger partial charge in [0.15, 0.2) is 29.9 Å². The molecule has 7 rings (SSSR count). The Hall–Kier alpha value is -3.95. The van der Waals surface area contributed by atoms with Gasteiger partial charge >= 0.3 is 6.09 Å². The number of cyclic esters (lactones) is 1. The zero-order valence-electron chi connectivity index (χ0n) is 21.9. The average Bonchev–Trinajstić information content (AvgIpc) is 3.75. The van der Waals surface area contributed by atoms with E-state index in [1.54, 1.807) is 0 Å². The molecule has 4 aliphatic rings. The Balaban J connectivity index is 0.931. The maximum absolute atomic E-state index is 15.4. The number of aliphatic hydroxyl groups is 1. The van der Waals surface area contributed by atoms with Crippen LogP contribution < -0.4 is 25.6 Å². The van der Waals surface area contributed by atoms with Crippen molar-refractivity contribution < 1.29 is 33.0 Å². The molecule has 3 aliphatic heterocycles. The van der Waals surface area contributed by atoms with Crippen LogP contribution in [0.1, 0.15) is 35.8 Å². The summed E-state index contributed by atoms with van der Waals surface area (Å²) in [6.07, 6.45) is 1.70. The third-order valence-corrected chi connectivity index (χ3v) is 8.02. The first kappa shape index (κ1) is 26.0. The second-order valence-corrected chi connectivity index (χ2v) is 10.9. The second-order valence-electron chi connectivity index (χ2n) is 10.9. The summed E-state index contributed by atoms with van der Waals surface area (Å²) in [4.78, 5) is 41.0. The highest BCUT2D eigenvalue weighted by atomic mass is 19.1. The number of hydrogen-bond donors (Lipinski definition) is 5. The topological polar surface area (TPSA) is 167 Å². The number of ether oxygens (including phenoxy) is 2. The summed E-state index contributed by atoms with van der Waals surface area (Å²) in [6.45, 7) is 1.63. The van der Waals surface area contributed by atoms with Gasteiger partial charge in [-0.2, -0.15) is 0 Å². The van der Waals surface area contributed by atoms with E-state index in [9.17, 15) is 14.7 Å². The summed E-state index contributed by atoms with van der Waals surface area (Å²) in [6, 6.07) is -0.266. The fourth-order valence-electron chi connectivity index (χ4n) is 5.99. The molecule has 5 N–H and O–H groups in total. The van der Waals surface area contributed by atoms with Crippen LogP contribution in [0.15, 0.2) is 6.20 Å². The number of aliphatic hydroxyl groups excluding tert-OH is 1. The molecular formula is C26H28F2N8O5. The van der Waals surface area contributed by atoms with Crippen LogP contribution in [-0.2, 0) is 22.4 Å². The third kappa shape index (κ3) is 4.73. The third-order valence-electron chi connectivity index (χ3n) is 8.02. The van der Waals surface area contributed by atoms with Crippen molar-refractivity contribution in [2.75, 3.05) is 43.0 Å². The predicted octanol–water partition coefficient (Wildman–Crippen LogP) is 1.08. The van der Waals surface area contributed by atoms with Crippen molar-refractivity contribution in [2.45, 2.75) is 43.9 Å². The molecule has 2 fully saturated rings. The summed E-state index contributed by atoms with van der Waals surface area (Å²) in [5.74, 6) is -0.275. The van der Waals surface area contributed by atoms with Gasteiger partial charge in [0.05, 0.1) is 24.9 Å². The van der Waals surface area contributed by atoms with Crippen LogP contribution in [0.3, 0.4) is 0 Å². The van der Waals surface area contributed by atoms with Crippen LogP contribution in [0.25, 0.3) is 11.0 Å². The smallest absolute Gasteiger partial charge is 0.415 e. The molecule has 2 amide bonds. The molecule has 0 radical (unpaired) electrons. The molecule has 0 bridgehead atoms.